The molecule has 0 fully saturated rings. The van der Waals surface area contributed by atoms with Gasteiger partial charge in [0.05, 0.1) is 13.2 Å². The average molecular weight is 290 g/mol. The monoisotopic (exact) mass is 290 g/mol. The first-order chi connectivity index (χ1) is 10.1. The van der Waals surface area contributed by atoms with Crippen LogP contribution in [-0.4, -0.2) is 29.9 Å². The van der Waals surface area contributed by atoms with Crippen LogP contribution in [-0.2, 0) is 11.3 Å². The summed E-state index contributed by atoms with van der Waals surface area (Å²) in [6, 6.07) is 2.07. The van der Waals surface area contributed by atoms with Gasteiger partial charge < -0.3 is 14.0 Å². The third-order valence-electron chi connectivity index (χ3n) is 3.97. The minimum absolute atomic E-state index is 0.632. The van der Waals surface area contributed by atoms with Crippen molar-refractivity contribution < 1.29 is 9.47 Å². The Morgan fingerprint density at radius 2 is 2.00 bits per heavy atom. The molecular formula is C17H26N2O2. The normalized spacial score (nSPS) is 11.5. The van der Waals surface area contributed by atoms with Gasteiger partial charge in [0.15, 0.2) is 0 Å². The summed E-state index contributed by atoms with van der Waals surface area (Å²) in [5, 5.41) is 1.22. The first-order valence-electron chi connectivity index (χ1n) is 7.62. The molecular weight excluding hydrogens is 264 g/mol. The Bertz CT molecular complexity index is 602. The van der Waals surface area contributed by atoms with E-state index in [9.17, 15) is 0 Å². The molecule has 0 aliphatic carbocycles. The Morgan fingerprint density at radius 1 is 1.24 bits per heavy atom. The van der Waals surface area contributed by atoms with Gasteiger partial charge in [-0.15, -0.1) is 0 Å². The van der Waals surface area contributed by atoms with Crippen molar-refractivity contribution in [1.82, 2.24) is 9.55 Å². The predicted molar refractivity (Wildman–Crippen MR) is 86.0 cm³/mol. The van der Waals surface area contributed by atoms with Crippen molar-refractivity contribution in [3.63, 3.8) is 0 Å². The zero-order chi connectivity index (χ0) is 15.4. The van der Waals surface area contributed by atoms with Gasteiger partial charge >= 0.3 is 0 Å². The molecule has 2 aromatic heterocycles. The van der Waals surface area contributed by atoms with E-state index in [1.807, 2.05) is 6.20 Å². The summed E-state index contributed by atoms with van der Waals surface area (Å²) in [5.74, 6) is 1.37. The fourth-order valence-corrected chi connectivity index (χ4v) is 2.52. The molecule has 0 saturated heterocycles. The quantitative estimate of drug-likeness (QED) is 0.779. The minimum atomic E-state index is 0.632. The molecule has 0 N–H and O–H groups in total. The summed E-state index contributed by atoms with van der Waals surface area (Å²) in [7, 11) is 1.73. The zero-order valence-electron chi connectivity index (χ0n) is 13.8. The second-order valence-electron chi connectivity index (χ2n) is 5.90. The summed E-state index contributed by atoms with van der Waals surface area (Å²) < 4.78 is 13.4. The largest absolute Gasteiger partial charge is 0.476 e. The van der Waals surface area contributed by atoms with Gasteiger partial charge in [0.2, 0.25) is 5.88 Å². The molecule has 0 atom stereocenters. The Labute approximate surface area is 127 Å². The molecule has 0 aliphatic rings. The summed E-state index contributed by atoms with van der Waals surface area (Å²) in [4.78, 5) is 4.44. The van der Waals surface area contributed by atoms with E-state index in [-0.39, 0.29) is 0 Å². The predicted octanol–water partition coefficient (Wildman–Crippen LogP) is 3.72. The molecule has 0 unspecified atom stereocenters. The van der Waals surface area contributed by atoms with Gasteiger partial charge in [-0.3, -0.25) is 0 Å². The zero-order valence-corrected chi connectivity index (χ0v) is 13.8. The molecule has 2 heterocycles. The molecule has 4 nitrogen and oxygen atoms in total. The lowest BCUT2D eigenvalue weighted by atomic mass is 10.1. The van der Waals surface area contributed by atoms with E-state index in [2.05, 4.69) is 43.3 Å². The molecule has 2 rings (SSSR count). The fourth-order valence-electron chi connectivity index (χ4n) is 2.52. The summed E-state index contributed by atoms with van der Waals surface area (Å²) >= 11 is 0. The van der Waals surface area contributed by atoms with Crippen LogP contribution in [0.25, 0.3) is 10.9 Å². The molecule has 2 aromatic rings. The van der Waals surface area contributed by atoms with Crippen LogP contribution in [0.5, 0.6) is 5.88 Å². The van der Waals surface area contributed by atoms with Crippen molar-refractivity contribution in [3.8, 4) is 5.88 Å². The van der Waals surface area contributed by atoms with E-state index in [0.29, 0.717) is 19.1 Å². The van der Waals surface area contributed by atoms with Crippen molar-refractivity contribution in [2.24, 2.45) is 5.92 Å². The van der Waals surface area contributed by atoms with E-state index in [0.717, 1.165) is 24.4 Å². The third kappa shape index (κ3) is 3.38. The van der Waals surface area contributed by atoms with Crippen LogP contribution in [0.15, 0.2) is 12.3 Å². The number of pyridine rings is 1. The number of fused-ring (bicyclic) bond motifs is 1. The maximum absolute atomic E-state index is 5.95. The summed E-state index contributed by atoms with van der Waals surface area (Å²) in [6.07, 6.45) is 2.87. The molecule has 0 spiro atoms. The summed E-state index contributed by atoms with van der Waals surface area (Å²) in [6.45, 7) is 10.9. The van der Waals surface area contributed by atoms with Gasteiger partial charge in [-0.05, 0) is 37.8 Å². The molecule has 21 heavy (non-hydrogen) atoms. The van der Waals surface area contributed by atoms with Crippen LogP contribution in [0.1, 0.15) is 31.5 Å². The lowest BCUT2D eigenvalue weighted by molar-refractivity contribution is 0.187. The fraction of sp³-hybridized carbons (Fsp3) is 0.588. The lowest BCUT2D eigenvalue weighted by Gasteiger charge is -2.12. The first-order valence-corrected chi connectivity index (χ1v) is 7.62. The van der Waals surface area contributed by atoms with Crippen LogP contribution in [0.3, 0.4) is 0 Å². The van der Waals surface area contributed by atoms with Gasteiger partial charge in [0.1, 0.15) is 5.52 Å². The highest BCUT2D eigenvalue weighted by Crippen LogP contribution is 2.30. The number of aryl methyl sites for hydroxylation is 1. The number of methoxy groups -OCH3 is 1. The van der Waals surface area contributed by atoms with Crippen LogP contribution in [0, 0.1) is 19.8 Å². The average Bonchev–Trinajstić information content (AvgIpc) is 2.70. The molecule has 4 heteroatoms. The van der Waals surface area contributed by atoms with E-state index in [1.54, 1.807) is 7.11 Å². The van der Waals surface area contributed by atoms with E-state index >= 15 is 0 Å². The Morgan fingerprint density at radius 3 is 2.67 bits per heavy atom. The third-order valence-corrected chi connectivity index (χ3v) is 3.97. The molecule has 0 bridgehead atoms. The van der Waals surface area contributed by atoms with E-state index in [1.165, 1.54) is 16.6 Å². The van der Waals surface area contributed by atoms with Crippen LogP contribution in [0.4, 0.5) is 0 Å². The summed E-state index contributed by atoms with van der Waals surface area (Å²) in [5.41, 5.74) is 3.63. The number of aromatic nitrogens is 2. The topological polar surface area (TPSA) is 36.3 Å². The molecule has 0 aromatic carbocycles. The molecule has 116 valence electrons. The van der Waals surface area contributed by atoms with Crippen molar-refractivity contribution in [1.29, 1.82) is 0 Å². The van der Waals surface area contributed by atoms with Gasteiger partial charge in [-0.1, -0.05) is 13.8 Å². The highest BCUT2D eigenvalue weighted by molar-refractivity contribution is 5.88. The maximum Gasteiger partial charge on any atom is 0.238 e. The standard InChI is InChI=1S/C17H26N2O2/c1-12(2)7-10-21-17-16-15(6-8-18-17)13(3)14(4)19(16)9-11-20-5/h6,8,12H,7,9-11H2,1-5H3. The second-order valence-corrected chi connectivity index (χ2v) is 5.90. The van der Waals surface area contributed by atoms with E-state index < -0.39 is 0 Å². The highest BCUT2D eigenvalue weighted by Gasteiger charge is 2.16. The lowest BCUT2D eigenvalue weighted by Crippen LogP contribution is -2.08. The number of rotatable bonds is 7. The number of hydrogen-bond acceptors (Lipinski definition) is 3. The molecule has 0 radical (unpaired) electrons. The molecule has 0 amide bonds. The van der Waals surface area contributed by atoms with Gasteiger partial charge in [0.25, 0.3) is 0 Å². The Balaban J connectivity index is 2.38. The van der Waals surface area contributed by atoms with Crippen molar-refractivity contribution in [2.75, 3.05) is 20.3 Å². The van der Waals surface area contributed by atoms with Crippen molar-refractivity contribution >= 4 is 10.9 Å². The number of nitrogens with zero attached hydrogens (tertiary/aromatic N) is 2. The first kappa shape index (κ1) is 15.8. The van der Waals surface area contributed by atoms with Gasteiger partial charge in [0, 0.05) is 30.9 Å². The van der Waals surface area contributed by atoms with Crippen molar-refractivity contribution in [2.45, 2.75) is 40.7 Å². The van der Waals surface area contributed by atoms with Gasteiger partial charge in [-0.25, -0.2) is 4.98 Å². The Hall–Kier alpha value is -1.55. The number of hydrogen-bond donors (Lipinski definition) is 0. The minimum Gasteiger partial charge on any atom is -0.476 e. The SMILES string of the molecule is COCCn1c(C)c(C)c2ccnc(OCCC(C)C)c21. The van der Waals surface area contributed by atoms with Crippen LogP contribution in [0.2, 0.25) is 0 Å². The van der Waals surface area contributed by atoms with Crippen molar-refractivity contribution in [3.05, 3.63) is 23.5 Å². The Kier molecular flexibility index (Phi) is 5.23. The smallest absolute Gasteiger partial charge is 0.238 e. The van der Waals surface area contributed by atoms with E-state index in [4.69, 9.17) is 9.47 Å². The number of ether oxygens (including phenoxy) is 2. The van der Waals surface area contributed by atoms with Crippen LogP contribution >= 0.6 is 0 Å². The molecule has 0 saturated carbocycles. The molecule has 0 aliphatic heterocycles. The van der Waals surface area contributed by atoms with Crippen LogP contribution < -0.4 is 4.74 Å². The van der Waals surface area contributed by atoms with Gasteiger partial charge in [-0.2, -0.15) is 0 Å². The highest BCUT2D eigenvalue weighted by atomic mass is 16.5. The second kappa shape index (κ2) is 6.94. The maximum atomic E-state index is 5.95.